The second kappa shape index (κ2) is 4.73. The van der Waals surface area contributed by atoms with E-state index in [-0.39, 0.29) is 18.0 Å². The Hall–Kier alpha value is -0.930. The van der Waals surface area contributed by atoms with Crippen LogP contribution in [-0.2, 0) is 11.3 Å². The molecule has 15 heavy (non-hydrogen) atoms. The zero-order valence-corrected chi connectivity index (χ0v) is 8.66. The number of hydrogen-bond acceptors (Lipinski definition) is 2. The van der Waals surface area contributed by atoms with Crippen molar-refractivity contribution >= 4 is 0 Å². The first kappa shape index (κ1) is 10.6. The minimum Gasteiger partial charge on any atom is -0.372 e. The fourth-order valence-corrected chi connectivity index (χ4v) is 1.97. The summed E-state index contributed by atoms with van der Waals surface area (Å²) in [6.07, 6.45) is 3.23. The molecule has 1 saturated carbocycles. The Kier molecular flexibility index (Phi) is 3.34. The average Bonchev–Trinajstić information content (AvgIpc) is 2.63. The molecule has 1 aromatic carbocycles. The monoisotopic (exact) mass is 209 g/mol. The molecule has 0 aliphatic heterocycles. The number of benzene rings is 1. The number of hydrogen-bond donors (Lipinski definition) is 1. The van der Waals surface area contributed by atoms with E-state index in [1.807, 2.05) is 6.07 Å². The molecule has 0 heterocycles. The van der Waals surface area contributed by atoms with Gasteiger partial charge in [0.1, 0.15) is 5.82 Å². The van der Waals surface area contributed by atoms with Crippen LogP contribution in [0.15, 0.2) is 24.3 Å². The Balaban J connectivity index is 1.90. The van der Waals surface area contributed by atoms with Gasteiger partial charge in [0.25, 0.3) is 0 Å². The van der Waals surface area contributed by atoms with E-state index < -0.39 is 0 Å². The molecule has 1 fully saturated rings. The quantitative estimate of drug-likeness (QED) is 0.828. The lowest BCUT2D eigenvalue weighted by atomic mass is 10.2. The SMILES string of the molecule is N[C@H]1CCC[C@@H]1OCc1ccccc1F. The van der Waals surface area contributed by atoms with Gasteiger partial charge in [0.2, 0.25) is 0 Å². The smallest absolute Gasteiger partial charge is 0.128 e. The van der Waals surface area contributed by atoms with E-state index >= 15 is 0 Å². The minimum atomic E-state index is -0.205. The Morgan fingerprint density at radius 2 is 2.13 bits per heavy atom. The Morgan fingerprint density at radius 1 is 1.33 bits per heavy atom. The van der Waals surface area contributed by atoms with Crippen LogP contribution in [0.3, 0.4) is 0 Å². The van der Waals surface area contributed by atoms with E-state index in [0.29, 0.717) is 12.2 Å². The first-order chi connectivity index (χ1) is 7.27. The predicted molar refractivity (Wildman–Crippen MR) is 56.8 cm³/mol. The van der Waals surface area contributed by atoms with Gasteiger partial charge in [-0.25, -0.2) is 4.39 Å². The second-order valence-corrected chi connectivity index (χ2v) is 4.04. The summed E-state index contributed by atoms with van der Waals surface area (Å²) in [5.41, 5.74) is 6.47. The summed E-state index contributed by atoms with van der Waals surface area (Å²) in [5.74, 6) is -0.205. The predicted octanol–water partition coefficient (Wildman–Crippen LogP) is 2.22. The van der Waals surface area contributed by atoms with Crippen molar-refractivity contribution in [2.75, 3.05) is 0 Å². The molecule has 1 aliphatic rings. The molecule has 1 aromatic rings. The van der Waals surface area contributed by atoms with Crippen LogP contribution in [0.25, 0.3) is 0 Å². The molecule has 0 aromatic heterocycles. The highest BCUT2D eigenvalue weighted by molar-refractivity contribution is 5.16. The van der Waals surface area contributed by atoms with Crippen molar-refractivity contribution in [3.63, 3.8) is 0 Å². The van der Waals surface area contributed by atoms with Gasteiger partial charge in [-0.1, -0.05) is 18.2 Å². The van der Waals surface area contributed by atoms with Crippen molar-refractivity contribution in [1.82, 2.24) is 0 Å². The molecule has 82 valence electrons. The summed E-state index contributed by atoms with van der Waals surface area (Å²) < 4.78 is 18.9. The summed E-state index contributed by atoms with van der Waals surface area (Å²) in [6, 6.07) is 6.82. The zero-order chi connectivity index (χ0) is 10.7. The zero-order valence-electron chi connectivity index (χ0n) is 8.66. The van der Waals surface area contributed by atoms with Crippen LogP contribution >= 0.6 is 0 Å². The summed E-state index contributed by atoms with van der Waals surface area (Å²) in [6.45, 7) is 0.324. The maximum atomic E-state index is 13.2. The number of halogens is 1. The van der Waals surface area contributed by atoms with Gasteiger partial charge in [-0.15, -0.1) is 0 Å². The molecular weight excluding hydrogens is 193 g/mol. The van der Waals surface area contributed by atoms with E-state index in [9.17, 15) is 4.39 Å². The van der Waals surface area contributed by atoms with Gasteiger partial charge in [0.05, 0.1) is 12.7 Å². The Morgan fingerprint density at radius 3 is 2.80 bits per heavy atom. The average molecular weight is 209 g/mol. The molecule has 0 amide bonds. The van der Waals surface area contributed by atoms with Crippen molar-refractivity contribution in [2.45, 2.75) is 38.0 Å². The van der Waals surface area contributed by atoms with Crippen LogP contribution in [0.2, 0.25) is 0 Å². The molecule has 0 radical (unpaired) electrons. The molecule has 2 N–H and O–H groups in total. The molecule has 1 aliphatic carbocycles. The largest absolute Gasteiger partial charge is 0.372 e. The van der Waals surface area contributed by atoms with E-state index in [1.54, 1.807) is 12.1 Å². The third-order valence-electron chi connectivity index (χ3n) is 2.91. The maximum Gasteiger partial charge on any atom is 0.128 e. The van der Waals surface area contributed by atoms with E-state index in [1.165, 1.54) is 6.07 Å². The van der Waals surface area contributed by atoms with E-state index in [2.05, 4.69) is 0 Å². The van der Waals surface area contributed by atoms with Crippen LogP contribution in [0.4, 0.5) is 4.39 Å². The lowest BCUT2D eigenvalue weighted by molar-refractivity contribution is 0.0342. The van der Waals surface area contributed by atoms with Gasteiger partial charge in [0.15, 0.2) is 0 Å². The lowest BCUT2D eigenvalue weighted by Crippen LogP contribution is -2.31. The van der Waals surface area contributed by atoms with Crippen LogP contribution in [0, 0.1) is 5.82 Å². The lowest BCUT2D eigenvalue weighted by Gasteiger charge is -2.16. The second-order valence-electron chi connectivity index (χ2n) is 4.04. The minimum absolute atomic E-state index is 0.101. The summed E-state index contributed by atoms with van der Waals surface area (Å²) in [7, 11) is 0. The molecule has 0 saturated heterocycles. The van der Waals surface area contributed by atoms with Crippen LogP contribution in [0.1, 0.15) is 24.8 Å². The van der Waals surface area contributed by atoms with E-state index in [0.717, 1.165) is 19.3 Å². The number of rotatable bonds is 3. The van der Waals surface area contributed by atoms with E-state index in [4.69, 9.17) is 10.5 Å². The molecule has 3 heteroatoms. The van der Waals surface area contributed by atoms with Gasteiger partial charge in [-0.2, -0.15) is 0 Å². The molecule has 0 spiro atoms. The summed E-state index contributed by atoms with van der Waals surface area (Å²) in [5, 5.41) is 0. The molecule has 2 rings (SSSR count). The topological polar surface area (TPSA) is 35.2 Å². The first-order valence-corrected chi connectivity index (χ1v) is 5.38. The molecular formula is C12H16FNO. The Bertz CT molecular complexity index is 329. The third kappa shape index (κ3) is 2.55. The third-order valence-corrected chi connectivity index (χ3v) is 2.91. The molecule has 2 atom stereocenters. The fraction of sp³-hybridized carbons (Fsp3) is 0.500. The molecule has 0 unspecified atom stereocenters. The van der Waals surface area contributed by atoms with Gasteiger partial charge in [-0.3, -0.25) is 0 Å². The normalized spacial score (nSPS) is 25.7. The fourth-order valence-electron chi connectivity index (χ4n) is 1.97. The van der Waals surface area contributed by atoms with Crippen LogP contribution < -0.4 is 5.73 Å². The highest BCUT2D eigenvalue weighted by atomic mass is 19.1. The van der Waals surface area contributed by atoms with Gasteiger partial charge in [-0.05, 0) is 25.3 Å². The number of nitrogens with two attached hydrogens (primary N) is 1. The van der Waals surface area contributed by atoms with Gasteiger partial charge in [0, 0.05) is 11.6 Å². The maximum absolute atomic E-state index is 13.2. The summed E-state index contributed by atoms with van der Waals surface area (Å²) >= 11 is 0. The van der Waals surface area contributed by atoms with Gasteiger partial charge >= 0.3 is 0 Å². The standard InChI is InChI=1S/C12H16FNO/c13-10-5-2-1-4-9(10)8-15-12-7-3-6-11(12)14/h1-2,4-5,11-12H,3,6-8,14H2/t11-,12-/m0/s1. The van der Waals surface area contributed by atoms with Crippen LogP contribution in [-0.4, -0.2) is 12.1 Å². The summed E-state index contributed by atoms with van der Waals surface area (Å²) in [4.78, 5) is 0. The highest BCUT2D eigenvalue weighted by Gasteiger charge is 2.24. The van der Waals surface area contributed by atoms with Crippen molar-refractivity contribution < 1.29 is 9.13 Å². The van der Waals surface area contributed by atoms with Crippen molar-refractivity contribution in [3.05, 3.63) is 35.6 Å². The van der Waals surface area contributed by atoms with Crippen LogP contribution in [0.5, 0.6) is 0 Å². The van der Waals surface area contributed by atoms with Crippen molar-refractivity contribution in [2.24, 2.45) is 5.73 Å². The Labute approximate surface area is 89.2 Å². The molecule has 0 bridgehead atoms. The number of ether oxygens (including phenoxy) is 1. The van der Waals surface area contributed by atoms with Crippen molar-refractivity contribution in [3.8, 4) is 0 Å². The highest BCUT2D eigenvalue weighted by Crippen LogP contribution is 2.21. The molecule has 2 nitrogen and oxygen atoms in total. The first-order valence-electron chi connectivity index (χ1n) is 5.38. The van der Waals surface area contributed by atoms with Crippen molar-refractivity contribution in [1.29, 1.82) is 0 Å². The van der Waals surface area contributed by atoms with Gasteiger partial charge < -0.3 is 10.5 Å².